The van der Waals surface area contributed by atoms with Crippen molar-refractivity contribution in [3.63, 3.8) is 0 Å². The Hall–Kier alpha value is -3.85. The molecular formula is C41H58N4O9S. The van der Waals surface area contributed by atoms with Gasteiger partial charge in [-0.05, 0) is 87.3 Å². The molecule has 0 aliphatic carbocycles. The number of rotatable bonds is 12. The number of sulfonamides is 1. The summed E-state index contributed by atoms with van der Waals surface area (Å²) in [5.74, 6) is -1.43. The van der Waals surface area contributed by atoms with Gasteiger partial charge in [0.15, 0.2) is 0 Å². The molecule has 5 rings (SSSR count). The van der Waals surface area contributed by atoms with Crippen LogP contribution in [0, 0.1) is 11.8 Å². The number of aliphatic hydroxyl groups excluding tert-OH is 1. The zero-order valence-corrected chi connectivity index (χ0v) is 33.3. The summed E-state index contributed by atoms with van der Waals surface area (Å²) in [6, 6.07) is 6.77. The van der Waals surface area contributed by atoms with E-state index in [1.165, 1.54) is 21.4 Å². The normalized spacial score (nSPS) is 27.2. The minimum absolute atomic E-state index is 0.118. The zero-order valence-electron chi connectivity index (χ0n) is 32.5. The third-order valence-corrected chi connectivity index (χ3v) is 12.9. The molecule has 2 saturated heterocycles. The van der Waals surface area contributed by atoms with Gasteiger partial charge in [0.2, 0.25) is 10.0 Å². The van der Waals surface area contributed by atoms with Crippen molar-refractivity contribution in [3.05, 3.63) is 59.7 Å². The monoisotopic (exact) mass is 782 g/mol. The van der Waals surface area contributed by atoms with Gasteiger partial charge in [0, 0.05) is 63.9 Å². The first-order chi connectivity index (χ1) is 26.3. The number of unbranched alkanes of at least 4 members (excludes halogenated alkanes) is 3. The molecule has 0 unspecified atom stereocenters. The van der Waals surface area contributed by atoms with Crippen LogP contribution in [-0.4, -0.2) is 127 Å². The smallest absolute Gasteiger partial charge is 0.410 e. The predicted octanol–water partition coefficient (Wildman–Crippen LogP) is 4.77. The Morgan fingerprint density at radius 2 is 1.58 bits per heavy atom. The molecule has 1 aromatic carbocycles. The maximum Gasteiger partial charge on any atom is 0.410 e. The topological polar surface area (TPSA) is 154 Å². The van der Waals surface area contributed by atoms with E-state index in [4.69, 9.17) is 9.47 Å². The highest BCUT2D eigenvalue weighted by atomic mass is 32.2. The first-order valence-electron chi connectivity index (χ1n) is 19.9. The highest BCUT2D eigenvalue weighted by Crippen LogP contribution is 2.27. The molecule has 0 aromatic heterocycles. The molecule has 1 aromatic rings. The van der Waals surface area contributed by atoms with Gasteiger partial charge in [-0.25, -0.2) is 13.2 Å². The minimum Gasteiger partial charge on any atom is -0.457 e. The molecule has 0 spiro atoms. The van der Waals surface area contributed by atoms with E-state index >= 15 is 0 Å². The molecule has 0 bridgehead atoms. The molecule has 302 valence electrons. The fourth-order valence-corrected chi connectivity index (χ4v) is 9.16. The van der Waals surface area contributed by atoms with E-state index in [9.17, 15) is 32.7 Å². The number of amides is 3. The maximum atomic E-state index is 13.4. The summed E-state index contributed by atoms with van der Waals surface area (Å²) < 4.78 is 40.0. The third-order valence-electron chi connectivity index (χ3n) is 11.0. The van der Waals surface area contributed by atoms with Crippen molar-refractivity contribution >= 4 is 40.0 Å². The van der Waals surface area contributed by atoms with Crippen LogP contribution < -0.4 is 0 Å². The molecule has 55 heavy (non-hydrogen) atoms. The van der Waals surface area contributed by atoms with E-state index in [0.29, 0.717) is 56.7 Å². The van der Waals surface area contributed by atoms with Crippen LogP contribution in [0.4, 0.5) is 4.79 Å². The summed E-state index contributed by atoms with van der Waals surface area (Å²) in [5, 5.41) is 10.7. The number of hydrogen-bond donors (Lipinski definition) is 1. The Bertz CT molecular complexity index is 1690. The van der Waals surface area contributed by atoms with Crippen molar-refractivity contribution in [2.75, 3.05) is 52.4 Å². The van der Waals surface area contributed by atoms with E-state index in [1.807, 2.05) is 45.1 Å². The van der Waals surface area contributed by atoms with Crippen LogP contribution >= 0.6 is 0 Å². The number of imide groups is 1. The van der Waals surface area contributed by atoms with E-state index in [2.05, 4.69) is 4.90 Å². The number of ether oxygens (including phenoxy) is 2. The van der Waals surface area contributed by atoms with Crippen molar-refractivity contribution in [2.45, 2.75) is 102 Å². The van der Waals surface area contributed by atoms with Gasteiger partial charge in [-0.3, -0.25) is 24.2 Å². The Morgan fingerprint density at radius 1 is 0.909 bits per heavy atom. The lowest BCUT2D eigenvalue weighted by Crippen LogP contribution is -2.49. The van der Waals surface area contributed by atoms with Crippen molar-refractivity contribution in [2.24, 2.45) is 11.8 Å². The fraction of sp³-hybridized carbons (Fsp3) is 0.610. The van der Waals surface area contributed by atoms with Gasteiger partial charge in [-0.2, -0.15) is 4.31 Å². The number of hydrogen-bond acceptors (Lipinski definition) is 10. The number of benzene rings is 1. The summed E-state index contributed by atoms with van der Waals surface area (Å²) in [7, 11) is -3.61. The quantitative estimate of drug-likeness (QED) is 0.136. The second-order valence-corrected chi connectivity index (χ2v) is 17.3. The summed E-state index contributed by atoms with van der Waals surface area (Å²) in [4.78, 5) is 55.4. The Kier molecular flexibility index (Phi) is 15.3. The second-order valence-electron chi connectivity index (χ2n) is 15.4. The molecule has 4 heterocycles. The van der Waals surface area contributed by atoms with E-state index < -0.39 is 34.3 Å². The lowest BCUT2D eigenvalue weighted by molar-refractivity contribution is -0.151. The van der Waals surface area contributed by atoms with Crippen molar-refractivity contribution in [3.8, 4) is 0 Å². The van der Waals surface area contributed by atoms with Gasteiger partial charge >= 0.3 is 12.1 Å². The molecule has 13 nitrogen and oxygen atoms in total. The molecular weight excluding hydrogens is 725 g/mol. The summed E-state index contributed by atoms with van der Waals surface area (Å²) in [6.07, 6.45) is 11.8. The van der Waals surface area contributed by atoms with Crippen LogP contribution in [0.1, 0.15) is 84.1 Å². The van der Waals surface area contributed by atoms with Gasteiger partial charge in [0.05, 0.1) is 17.4 Å². The van der Waals surface area contributed by atoms with Crippen molar-refractivity contribution in [1.29, 1.82) is 0 Å². The van der Waals surface area contributed by atoms with Crippen LogP contribution in [0.5, 0.6) is 0 Å². The number of esters is 1. The Labute approximate surface area is 326 Å². The molecule has 0 saturated carbocycles. The highest BCUT2D eigenvalue weighted by Gasteiger charge is 2.31. The summed E-state index contributed by atoms with van der Waals surface area (Å²) >= 11 is 0. The SMILES string of the molecule is C/C(=C\c1cccc(S(=O)(=O)N2CCCC2)c1)[C@H]1OC(=O)C[C@H](O)CC[C@H](C)[C@@H](OC(=O)N2CCN(CCCCCCN3C(=O)C=CC3=O)CC2)/C=C/[C@@H]1C. The fourth-order valence-electron chi connectivity index (χ4n) is 7.59. The number of carbonyl (C=O) groups is 4. The van der Waals surface area contributed by atoms with Gasteiger partial charge in [0.1, 0.15) is 12.2 Å². The minimum atomic E-state index is -3.61. The number of nitrogens with zero attached hydrogens (tertiary/aromatic N) is 4. The van der Waals surface area contributed by atoms with Gasteiger partial charge in [0.25, 0.3) is 11.8 Å². The lowest BCUT2D eigenvalue weighted by atomic mass is 9.91. The van der Waals surface area contributed by atoms with Crippen molar-refractivity contribution in [1.82, 2.24) is 19.0 Å². The van der Waals surface area contributed by atoms with Crippen LogP contribution in [0.3, 0.4) is 0 Å². The van der Waals surface area contributed by atoms with E-state index in [-0.39, 0.29) is 41.1 Å². The largest absolute Gasteiger partial charge is 0.457 e. The molecule has 4 aliphatic rings. The molecule has 2 fully saturated rings. The molecule has 14 heteroatoms. The summed E-state index contributed by atoms with van der Waals surface area (Å²) in [6.45, 7) is 10.7. The van der Waals surface area contributed by atoms with E-state index in [1.54, 1.807) is 23.1 Å². The number of aliphatic hydroxyl groups is 1. The third kappa shape index (κ3) is 11.8. The number of carbonyl (C=O) groups excluding carboxylic acids is 4. The predicted molar refractivity (Wildman–Crippen MR) is 208 cm³/mol. The molecule has 4 aliphatic heterocycles. The average molecular weight is 783 g/mol. The van der Waals surface area contributed by atoms with Crippen LogP contribution in [-0.2, 0) is 33.9 Å². The Balaban J connectivity index is 1.16. The van der Waals surface area contributed by atoms with Crippen LogP contribution in [0.2, 0.25) is 0 Å². The number of piperazine rings is 1. The maximum absolute atomic E-state index is 13.4. The second kappa shape index (κ2) is 19.8. The first-order valence-corrected chi connectivity index (χ1v) is 21.3. The summed E-state index contributed by atoms with van der Waals surface area (Å²) in [5.41, 5.74) is 1.37. The molecule has 0 radical (unpaired) electrons. The average Bonchev–Trinajstić information content (AvgIpc) is 3.83. The highest BCUT2D eigenvalue weighted by molar-refractivity contribution is 7.89. The van der Waals surface area contributed by atoms with Gasteiger partial charge in [-0.15, -0.1) is 0 Å². The standard InChI is InChI=1S/C41H58N4O9S/c1-30-13-15-34(46)29-39(49)54-40(32(3)27-33-11-10-12-35(28-33)55(51,52)44-20-8-9-21-44)31(2)14-16-36(30)53-41(50)43-25-23-42(24-26-43)19-6-4-5-7-22-45-37(47)17-18-38(45)48/h10-12,14,16-18,27-28,30-31,34,36,40,46H,4-9,13,15,19-26,29H2,1-3H3/b16-14+,32-27+/t30-,31-,34+,36-,40-/m0/s1. The lowest BCUT2D eigenvalue weighted by Gasteiger charge is -2.35. The molecule has 5 atom stereocenters. The first kappa shape index (κ1) is 42.3. The molecule has 1 N–H and O–H groups in total. The van der Waals surface area contributed by atoms with Gasteiger partial charge in [-0.1, -0.05) is 51.0 Å². The molecule has 3 amide bonds. The van der Waals surface area contributed by atoms with E-state index in [0.717, 1.165) is 58.2 Å². The Morgan fingerprint density at radius 3 is 2.27 bits per heavy atom. The zero-order chi connectivity index (χ0) is 39.5. The van der Waals surface area contributed by atoms with Gasteiger partial charge < -0.3 is 19.5 Å². The van der Waals surface area contributed by atoms with Crippen LogP contribution in [0.15, 0.2) is 59.0 Å². The van der Waals surface area contributed by atoms with Crippen LogP contribution in [0.25, 0.3) is 6.08 Å². The van der Waals surface area contributed by atoms with Crippen molar-refractivity contribution < 1.29 is 42.2 Å². The number of cyclic esters (lactones) is 1.